The summed E-state index contributed by atoms with van der Waals surface area (Å²) in [6.07, 6.45) is 7.90. The number of aromatic nitrogens is 3. The Kier molecular flexibility index (Phi) is 4.47. The monoisotopic (exact) mass is 347 g/mol. The van der Waals surface area contributed by atoms with Gasteiger partial charge in [0.2, 0.25) is 0 Å². The standard InChI is InChI=1S/C20H18FN5/c21-16-7-5-15(6-8-16)13-26-14-20(24-25-26)18-3-1-2-4-19(18)23-17-9-11-22-12-10-17/h1-11,14,22-23H,12-13H2. The van der Waals surface area contributed by atoms with E-state index in [0.717, 1.165) is 34.8 Å². The Balaban J connectivity index is 1.56. The molecule has 2 N–H and O–H groups in total. The molecule has 1 aliphatic rings. The summed E-state index contributed by atoms with van der Waals surface area (Å²) < 4.78 is 14.8. The van der Waals surface area contributed by atoms with Crippen LogP contribution < -0.4 is 10.6 Å². The molecule has 0 saturated heterocycles. The zero-order valence-electron chi connectivity index (χ0n) is 14.1. The fourth-order valence-corrected chi connectivity index (χ4v) is 2.79. The zero-order chi connectivity index (χ0) is 17.8. The average Bonchev–Trinajstić information content (AvgIpc) is 3.13. The van der Waals surface area contributed by atoms with Crippen molar-refractivity contribution in [3.63, 3.8) is 0 Å². The van der Waals surface area contributed by atoms with E-state index in [1.54, 1.807) is 16.8 Å². The molecule has 2 heterocycles. The van der Waals surface area contributed by atoms with E-state index in [0.29, 0.717) is 6.54 Å². The molecule has 0 amide bonds. The van der Waals surface area contributed by atoms with Gasteiger partial charge in [-0.1, -0.05) is 35.5 Å². The first-order valence-electron chi connectivity index (χ1n) is 8.39. The van der Waals surface area contributed by atoms with Crippen LogP contribution in [0.2, 0.25) is 0 Å². The van der Waals surface area contributed by atoms with Crippen LogP contribution in [-0.4, -0.2) is 21.5 Å². The van der Waals surface area contributed by atoms with Crippen molar-refractivity contribution in [1.29, 1.82) is 0 Å². The van der Waals surface area contributed by atoms with Crippen LogP contribution in [0.4, 0.5) is 10.1 Å². The van der Waals surface area contributed by atoms with Gasteiger partial charge in [-0.25, -0.2) is 9.07 Å². The largest absolute Gasteiger partial charge is 0.387 e. The minimum absolute atomic E-state index is 0.241. The molecule has 130 valence electrons. The number of nitrogens with one attached hydrogen (secondary N) is 2. The molecule has 1 aliphatic heterocycles. The summed E-state index contributed by atoms with van der Waals surface area (Å²) in [5, 5.41) is 15.1. The summed E-state index contributed by atoms with van der Waals surface area (Å²) in [5.74, 6) is -0.241. The lowest BCUT2D eigenvalue weighted by atomic mass is 10.1. The summed E-state index contributed by atoms with van der Waals surface area (Å²) >= 11 is 0. The molecule has 26 heavy (non-hydrogen) atoms. The predicted octanol–water partition coefficient (Wildman–Crippen LogP) is 3.55. The molecule has 0 bridgehead atoms. The molecular formula is C20H18FN5. The van der Waals surface area contributed by atoms with Crippen LogP contribution in [0.25, 0.3) is 11.3 Å². The fraction of sp³-hybridized carbons (Fsp3) is 0.100. The number of allylic oxidation sites excluding steroid dienone is 1. The van der Waals surface area contributed by atoms with Gasteiger partial charge in [-0.15, -0.1) is 5.10 Å². The second-order valence-electron chi connectivity index (χ2n) is 6.00. The number of benzene rings is 2. The summed E-state index contributed by atoms with van der Waals surface area (Å²) in [4.78, 5) is 0. The Morgan fingerprint density at radius 3 is 2.77 bits per heavy atom. The van der Waals surface area contributed by atoms with Crippen molar-refractivity contribution < 1.29 is 4.39 Å². The summed E-state index contributed by atoms with van der Waals surface area (Å²) in [7, 11) is 0. The number of halogens is 1. The van der Waals surface area contributed by atoms with Crippen LogP contribution >= 0.6 is 0 Å². The Bertz CT molecular complexity index is 956. The van der Waals surface area contributed by atoms with Crippen LogP contribution in [0, 0.1) is 5.82 Å². The van der Waals surface area contributed by atoms with Crippen molar-refractivity contribution in [2.75, 3.05) is 11.9 Å². The van der Waals surface area contributed by atoms with Gasteiger partial charge in [-0.2, -0.15) is 0 Å². The molecule has 0 unspecified atom stereocenters. The highest BCUT2D eigenvalue weighted by Gasteiger charge is 2.10. The minimum Gasteiger partial charge on any atom is -0.387 e. The van der Waals surface area contributed by atoms with Crippen LogP contribution in [-0.2, 0) is 6.54 Å². The molecule has 0 spiro atoms. The quantitative estimate of drug-likeness (QED) is 0.741. The third-order valence-electron chi connectivity index (χ3n) is 4.10. The van der Waals surface area contributed by atoms with Crippen molar-refractivity contribution in [3.05, 3.63) is 90.2 Å². The Morgan fingerprint density at radius 2 is 1.96 bits per heavy atom. The van der Waals surface area contributed by atoms with E-state index in [1.165, 1.54) is 12.1 Å². The van der Waals surface area contributed by atoms with Gasteiger partial charge >= 0.3 is 0 Å². The number of anilines is 1. The molecular weight excluding hydrogens is 329 g/mol. The van der Waals surface area contributed by atoms with Crippen LogP contribution in [0.1, 0.15) is 5.56 Å². The minimum atomic E-state index is -0.241. The molecule has 1 aromatic heterocycles. The Hall–Kier alpha value is -3.41. The van der Waals surface area contributed by atoms with Crippen LogP contribution in [0.5, 0.6) is 0 Å². The number of hydrogen-bond acceptors (Lipinski definition) is 4. The molecule has 0 atom stereocenters. The molecule has 2 aromatic carbocycles. The van der Waals surface area contributed by atoms with Crippen LogP contribution in [0.3, 0.4) is 0 Å². The number of dihydropyridines is 1. The fourth-order valence-electron chi connectivity index (χ4n) is 2.79. The van der Waals surface area contributed by atoms with E-state index in [2.05, 4.69) is 27.0 Å². The van der Waals surface area contributed by atoms with Gasteiger partial charge in [-0.3, -0.25) is 0 Å². The molecule has 0 fully saturated rings. The van der Waals surface area contributed by atoms with Crippen molar-refractivity contribution in [2.24, 2.45) is 0 Å². The Labute approximate surface area is 150 Å². The van der Waals surface area contributed by atoms with Gasteiger partial charge in [0.1, 0.15) is 11.5 Å². The van der Waals surface area contributed by atoms with E-state index < -0.39 is 0 Å². The van der Waals surface area contributed by atoms with E-state index in [4.69, 9.17) is 0 Å². The third kappa shape index (κ3) is 3.64. The Morgan fingerprint density at radius 1 is 1.12 bits per heavy atom. The van der Waals surface area contributed by atoms with Gasteiger partial charge in [0.15, 0.2) is 0 Å². The highest BCUT2D eigenvalue weighted by Crippen LogP contribution is 2.27. The molecule has 0 aliphatic carbocycles. The molecule has 6 heteroatoms. The first kappa shape index (κ1) is 16.1. The van der Waals surface area contributed by atoms with E-state index in [1.807, 2.05) is 42.7 Å². The van der Waals surface area contributed by atoms with Crippen molar-refractivity contribution >= 4 is 5.69 Å². The van der Waals surface area contributed by atoms with Gasteiger partial charge in [0, 0.05) is 23.5 Å². The van der Waals surface area contributed by atoms with E-state index >= 15 is 0 Å². The van der Waals surface area contributed by atoms with Crippen molar-refractivity contribution in [2.45, 2.75) is 6.54 Å². The third-order valence-corrected chi connectivity index (χ3v) is 4.10. The number of rotatable bonds is 5. The first-order chi connectivity index (χ1) is 12.8. The highest BCUT2D eigenvalue weighted by molar-refractivity contribution is 5.76. The second kappa shape index (κ2) is 7.23. The number of nitrogens with zero attached hydrogens (tertiary/aromatic N) is 3. The van der Waals surface area contributed by atoms with Gasteiger partial charge < -0.3 is 10.6 Å². The lowest BCUT2D eigenvalue weighted by molar-refractivity contribution is 0.621. The summed E-state index contributed by atoms with van der Waals surface area (Å²) in [5.41, 5.74) is 4.74. The van der Waals surface area contributed by atoms with E-state index in [-0.39, 0.29) is 5.82 Å². The second-order valence-corrected chi connectivity index (χ2v) is 6.00. The summed E-state index contributed by atoms with van der Waals surface area (Å²) in [6.45, 7) is 1.34. The van der Waals surface area contributed by atoms with Gasteiger partial charge in [0.25, 0.3) is 0 Å². The predicted molar refractivity (Wildman–Crippen MR) is 99.8 cm³/mol. The van der Waals surface area contributed by atoms with Crippen molar-refractivity contribution in [3.8, 4) is 11.3 Å². The highest BCUT2D eigenvalue weighted by atomic mass is 19.1. The normalized spacial score (nSPS) is 13.2. The SMILES string of the molecule is Fc1ccc(Cn2cc(-c3ccccc3NC3=CCNC=C3)nn2)cc1. The van der Waals surface area contributed by atoms with Crippen molar-refractivity contribution in [1.82, 2.24) is 20.3 Å². The number of hydrogen-bond donors (Lipinski definition) is 2. The van der Waals surface area contributed by atoms with E-state index in [9.17, 15) is 4.39 Å². The first-order valence-corrected chi connectivity index (χ1v) is 8.39. The molecule has 3 aromatic rings. The maximum absolute atomic E-state index is 13.0. The van der Waals surface area contributed by atoms with Gasteiger partial charge in [-0.05, 0) is 42.1 Å². The molecule has 0 radical (unpaired) electrons. The smallest absolute Gasteiger partial charge is 0.123 e. The summed E-state index contributed by atoms with van der Waals surface area (Å²) in [6, 6.07) is 14.4. The molecule has 4 rings (SSSR count). The maximum atomic E-state index is 13.0. The van der Waals surface area contributed by atoms with Gasteiger partial charge in [0.05, 0.1) is 12.7 Å². The molecule has 5 nitrogen and oxygen atoms in total. The maximum Gasteiger partial charge on any atom is 0.123 e. The lowest BCUT2D eigenvalue weighted by Crippen LogP contribution is -2.12. The number of para-hydroxylation sites is 1. The van der Waals surface area contributed by atoms with Crippen LogP contribution in [0.15, 0.2) is 78.8 Å². The average molecular weight is 347 g/mol. The molecule has 0 saturated carbocycles. The lowest BCUT2D eigenvalue weighted by Gasteiger charge is -2.13. The topological polar surface area (TPSA) is 54.8 Å². The zero-order valence-corrected chi connectivity index (χ0v) is 14.1.